The van der Waals surface area contributed by atoms with Crippen molar-refractivity contribution >= 4 is 28.3 Å². The molecule has 2 aromatic carbocycles. The van der Waals surface area contributed by atoms with E-state index in [1.54, 1.807) is 30.7 Å². The molecule has 0 aliphatic rings. The van der Waals surface area contributed by atoms with E-state index in [1.165, 1.54) is 49.6 Å². The second-order valence-corrected chi connectivity index (χ2v) is 9.33. The first kappa shape index (κ1) is 27.0. The van der Waals surface area contributed by atoms with Crippen LogP contribution in [0.2, 0.25) is 0 Å². The van der Waals surface area contributed by atoms with Gasteiger partial charge in [-0.3, -0.25) is 4.79 Å². The monoisotopic (exact) mass is 551 g/mol. The molecule has 0 unspecified atom stereocenters. The van der Waals surface area contributed by atoms with Gasteiger partial charge in [-0.2, -0.15) is 5.26 Å². The molecule has 0 fully saturated rings. The number of nitriles is 1. The van der Waals surface area contributed by atoms with Crippen LogP contribution in [0.1, 0.15) is 18.2 Å². The molecule has 0 bridgehead atoms. The Morgan fingerprint density at radius 3 is 2.59 bits per heavy atom. The van der Waals surface area contributed by atoms with Gasteiger partial charge in [0.05, 0.1) is 22.2 Å². The van der Waals surface area contributed by atoms with Gasteiger partial charge in [-0.25, -0.2) is 23.7 Å². The molecule has 5 rings (SSSR count). The second-order valence-electron chi connectivity index (χ2n) is 9.33. The fourth-order valence-electron chi connectivity index (χ4n) is 4.52. The van der Waals surface area contributed by atoms with Gasteiger partial charge in [0, 0.05) is 47.5 Å². The van der Waals surface area contributed by atoms with Gasteiger partial charge in [-0.05, 0) is 55.8 Å². The summed E-state index contributed by atoms with van der Waals surface area (Å²) in [7, 11) is 1.65. The average molecular weight is 552 g/mol. The number of aryl methyl sites for hydroxylation is 2. The molecule has 5 aromatic rings. The molecule has 1 amide bonds. The van der Waals surface area contributed by atoms with Crippen molar-refractivity contribution in [3.63, 3.8) is 0 Å². The van der Waals surface area contributed by atoms with Crippen molar-refractivity contribution in [2.45, 2.75) is 13.8 Å². The maximum Gasteiger partial charge on any atom is 0.322 e. The van der Waals surface area contributed by atoms with E-state index in [1.807, 2.05) is 0 Å². The third-order valence-corrected chi connectivity index (χ3v) is 6.42. The Bertz CT molecular complexity index is 1930. The lowest BCUT2D eigenvalue weighted by Crippen LogP contribution is -2.12. The van der Waals surface area contributed by atoms with E-state index in [2.05, 4.69) is 32.9 Å². The number of amides is 1. The zero-order valence-corrected chi connectivity index (χ0v) is 22.3. The highest BCUT2D eigenvalue weighted by atomic mass is 19.1. The zero-order valence-electron chi connectivity index (χ0n) is 22.3. The van der Waals surface area contributed by atoms with Gasteiger partial charge in [-0.15, -0.1) is 0 Å². The fourth-order valence-corrected chi connectivity index (χ4v) is 4.52. The zero-order chi connectivity index (χ0) is 29.4. The Labute approximate surface area is 233 Å². The van der Waals surface area contributed by atoms with Gasteiger partial charge in [0.25, 0.3) is 5.91 Å². The van der Waals surface area contributed by atoms with Crippen molar-refractivity contribution in [1.29, 1.82) is 5.26 Å². The first-order valence-corrected chi connectivity index (χ1v) is 12.3. The minimum absolute atomic E-state index is 0.0180. The molecule has 3 heterocycles. The third-order valence-electron chi connectivity index (χ3n) is 6.42. The number of aromatic nitrogens is 4. The predicted molar refractivity (Wildman–Crippen MR) is 151 cm³/mol. The normalized spacial score (nSPS) is 10.8. The quantitative estimate of drug-likeness (QED) is 0.246. The maximum absolute atomic E-state index is 15.7. The molecule has 9 nitrogen and oxygen atoms in total. The van der Waals surface area contributed by atoms with E-state index >= 15 is 8.78 Å². The molecule has 0 saturated heterocycles. The highest BCUT2D eigenvalue weighted by Gasteiger charge is 2.26. The number of nitrogens with one attached hydrogen (secondary N) is 1. The number of nitrogens with zero attached hydrogens (tertiary/aromatic N) is 5. The van der Waals surface area contributed by atoms with E-state index in [-0.39, 0.29) is 40.0 Å². The summed E-state index contributed by atoms with van der Waals surface area (Å²) in [6.07, 6.45) is 2.83. The number of hydrogen-bond donors (Lipinski definition) is 2. The molecule has 0 aliphatic carbocycles. The molecular formula is C30H23F2N7O2. The predicted octanol–water partition coefficient (Wildman–Crippen LogP) is 6.04. The van der Waals surface area contributed by atoms with Gasteiger partial charge in [-0.1, -0.05) is 12.6 Å². The Kier molecular flexibility index (Phi) is 6.90. The number of halogens is 2. The topological polar surface area (TPSA) is 132 Å². The Hall–Kier alpha value is -5.63. The van der Waals surface area contributed by atoms with Crippen LogP contribution in [0.4, 0.5) is 20.3 Å². The number of fused-ring (bicyclic) bond motifs is 1. The highest BCUT2D eigenvalue weighted by Crippen LogP contribution is 2.45. The van der Waals surface area contributed by atoms with E-state index in [0.717, 1.165) is 0 Å². The summed E-state index contributed by atoms with van der Waals surface area (Å²) in [5, 5.41) is 12.7. The Balaban J connectivity index is 1.71. The molecule has 0 aliphatic heterocycles. The lowest BCUT2D eigenvalue weighted by atomic mass is 9.97. The molecule has 204 valence electrons. The number of nitrogen functional groups attached to an aromatic ring is 1. The first-order chi connectivity index (χ1) is 19.6. The molecule has 41 heavy (non-hydrogen) atoms. The Morgan fingerprint density at radius 1 is 1.15 bits per heavy atom. The molecule has 0 spiro atoms. The molecule has 0 saturated carbocycles. The first-order valence-electron chi connectivity index (χ1n) is 12.3. The van der Waals surface area contributed by atoms with Crippen LogP contribution in [0.25, 0.3) is 33.3 Å². The van der Waals surface area contributed by atoms with Gasteiger partial charge < -0.3 is 20.4 Å². The summed E-state index contributed by atoms with van der Waals surface area (Å²) >= 11 is 0. The largest absolute Gasteiger partial charge is 0.421 e. The summed E-state index contributed by atoms with van der Waals surface area (Å²) in [4.78, 5) is 24.3. The summed E-state index contributed by atoms with van der Waals surface area (Å²) in [5.74, 6) is -1.88. The van der Waals surface area contributed by atoms with Crippen LogP contribution < -0.4 is 15.8 Å². The van der Waals surface area contributed by atoms with Crippen molar-refractivity contribution < 1.29 is 18.3 Å². The molecule has 0 atom stereocenters. The summed E-state index contributed by atoms with van der Waals surface area (Å²) in [6.45, 7) is 6.88. The van der Waals surface area contributed by atoms with Crippen LogP contribution in [0.5, 0.6) is 11.8 Å². The maximum atomic E-state index is 15.7. The highest BCUT2D eigenvalue weighted by molar-refractivity contribution is 6.11. The van der Waals surface area contributed by atoms with Gasteiger partial charge in [0.1, 0.15) is 17.7 Å². The van der Waals surface area contributed by atoms with E-state index in [0.29, 0.717) is 33.4 Å². The van der Waals surface area contributed by atoms with Crippen molar-refractivity contribution in [3.05, 3.63) is 89.9 Å². The van der Waals surface area contributed by atoms with E-state index < -0.39 is 17.5 Å². The third kappa shape index (κ3) is 4.94. The van der Waals surface area contributed by atoms with Crippen molar-refractivity contribution in [1.82, 2.24) is 19.5 Å². The van der Waals surface area contributed by atoms with Crippen LogP contribution >= 0.6 is 0 Å². The second kappa shape index (κ2) is 10.5. The smallest absolute Gasteiger partial charge is 0.322 e. The van der Waals surface area contributed by atoms with E-state index in [9.17, 15) is 10.1 Å². The standard InChI is InChI=1S/C30H23F2N7O2/c1-15(2)29(40)38-19-6-7-20(21(31)12-19)27-24(25-26(39(27)4)18(13-33)14-36-28(25)34)17-5-8-23(22(32)11-17)41-30-35-10-9-16(3)37-30/h5-12,14H,1H2,2-4H3,(H2,34,36)(H,38,40). The minimum atomic E-state index is -0.725. The molecule has 3 aromatic heterocycles. The van der Waals surface area contributed by atoms with Crippen molar-refractivity contribution in [3.8, 4) is 40.2 Å². The van der Waals surface area contributed by atoms with Gasteiger partial charge in [0.2, 0.25) is 0 Å². The van der Waals surface area contributed by atoms with Crippen LogP contribution in [0.3, 0.4) is 0 Å². The molecule has 11 heteroatoms. The number of anilines is 2. The van der Waals surface area contributed by atoms with Crippen molar-refractivity contribution in [2.24, 2.45) is 7.05 Å². The number of ether oxygens (including phenoxy) is 1. The van der Waals surface area contributed by atoms with Crippen molar-refractivity contribution in [2.75, 3.05) is 11.1 Å². The SMILES string of the molecule is C=C(C)C(=O)Nc1ccc(-c2c(-c3ccc(Oc4nccc(C)n4)c(F)c3)c3c(N)ncc(C#N)c3n2C)c(F)c1. The van der Waals surface area contributed by atoms with Gasteiger partial charge >= 0.3 is 6.01 Å². The lowest BCUT2D eigenvalue weighted by Gasteiger charge is -2.13. The minimum Gasteiger partial charge on any atom is -0.421 e. The number of pyridine rings is 1. The van der Waals surface area contributed by atoms with Gasteiger partial charge in [0.15, 0.2) is 11.6 Å². The number of benzene rings is 2. The Morgan fingerprint density at radius 2 is 1.93 bits per heavy atom. The van der Waals surface area contributed by atoms with Crippen LogP contribution in [0, 0.1) is 29.9 Å². The van der Waals surface area contributed by atoms with E-state index in [4.69, 9.17) is 10.5 Å². The number of carbonyl (C=O) groups excluding carboxylic acids is 1. The van der Waals surface area contributed by atoms with Crippen LogP contribution in [-0.4, -0.2) is 25.4 Å². The van der Waals surface area contributed by atoms with Crippen LogP contribution in [-0.2, 0) is 11.8 Å². The number of hydrogen-bond acceptors (Lipinski definition) is 7. The summed E-state index contributed by atoms with van der Waals surface area (Å²) in [5.41, 5.74) is 9.18. The average Bonchev–Trinajstić information content (AvgIpc) is 3.24. The molecular weight excluding hydrogens is 528 g/mol. The molecule has 3 N–H and O–H groups in total. The number of nitrogens with two attached hydrogens (primary N) is 1. The fraction of sp³-hybridized carbons (Fsp3) is 0.100. The summed E-state index contributed by atoms with van der Waals surface area (Å²) in [6, 6.07) is 12.2. The van der Waals surface area contributed by atoms with Crippen LogP contribution in [0.15, 0.2) is 67.0 Å². The number of carbonyl (C=O) groups is 1. The molecule has 0 radical (unpaired) electrons. The lowest BCUT2D eigenvalue weighted by molar-refractivity contribution is -0.112. The summed E-state index contributed by atoms with van der Waals surface area (Å²) < 4.78 is 38.3. The number of rotatable bonds is 6.